The van der Waals surface area contributed by atoms with E-state index in [0.29, 0.717) is 6.54 Å². The molecule has 1 saturated heterocycles. The number of hydrogen-bond acceptors (Lipinski definition) is 4. The largest absolute Gasteiger partial charge is 0.444 e. The van der Waals surface area contributed by atoms with Crippen molar-refractivity contribution in [2.45, 2.75) is 38.7 Å². The number of carbonyl (C=O) groups is 2. The molecular formula is C10H17NO3S. The summed E-state index contributed by atoms with van der Waals surface area (Å²) in [6.07, 6.45) is -0.396. The molecule has 4 nitrogen and oxygen atoms in total. The maximum Gasteiger partial charge on any atom is 0.411 e. The van der Waals surface area contributed by atoms with Gasteiger partial charge in [0.25, 0.3) is 0 Å². The average molecular weight is 231 g/mol. The Labute approximate surface area is 94.3 Å². The first-order chi connectivity index (χ1) is 6.81. The monoisotopic (exact) mass is 231 g/mol. The zero-order valence-electron chi connectivity index (χ0n) is 9.57. The predicted octanol–water partition coefficient (Wildman–Crippen LogP) is 1.89. The standard InChI is InChI=1S/C10H17NO3S/c1-7(12)8-11(5-6-15-8)9(13)14-10(2,3)4/h8H,5-6H2,1-4H3. The summed E-state index contributed by atoms with van der Waals surface area (Å²) in [5.74, 6) is 0.798. The fourth-order valence-electron chi connectivity index (χ4n) is 1.31. The highest BCUT2D eigenvalue weighted by atomic mass is 32.2. The van der Waals surface area contributed by atoms with Gasteiger partial charge < -0.3 is 4.74 Å². The molecule has 0 aromatic carbocycles. The predicted molar refractivity (Wildman–Crippen MR) is 59.9 cm³/mol. The van der Waals surface area contributed by atoms with Crippen LogP contribution in [0.2, 0.25) is 0 Å². The summed E-state index contributed by atoms with van der Waals surface area (Å²) < 4.78 is 5.22. The molecule has 0 aromatic rings. The van der Waals surface area contributed by atoms with E-state index in [4.69, 9.17) is 4.74 Å². The Kier molecular flexibility index (Phi) is 3.65. The molecule has 5 heteroatoms. The summed E-state index contributed by atoms with van der Waals surface area (Å²) in [5.41, 5.74) is -0.508. The van der Waals surface area contributed by atoms with Crippen molar-refractivity contribution in [2.75, 3.05) is 12.3 Å². The van der Waals surface area contributed by atoms with Gasteiger partial charge >= 0.3 is 6.09 Å². The fourth-order valence-corrected chi connectivity index (χ4v) is 2.45. The van der Waals surface area contributed by atoms with Crippen LogP contribution in [-0.2, 0) is 9.53 Å². The van der Waals surface area contributed by atoms with E-state index in [0.717, 1.165) is 5.75 Å². The van der Waals surface area contributed by atoms with Crippen LogP contribution in [0.3, 0.4) is 0 Å². The zero-order valence-corrected chi connectivity index (χ0v) is 10.4. The summed E-state index contributed by atoms with van der Waals surface area (Å²) in [5, 5.41) is -0.361. The van der Waals surface area contributed by atoms with Crippen LogP contribution in [0.5, 0.6) is 0 Å². The van der Waals surface area contributed by atoms with Crippen LogP contribution in [0, 0.1) is 0 Å². The van der Waals surface area contributed by atoms with Crippen molar-refractivity contribution in [3.05, 3.63) is 0 Å². The Hall–Kier alpha value is -0.710. The van der Waals surface area contributed by atoms with Gasteiger partial charge in [-0.05, 0) is 27.7 Å². The Morgan fingerprint density at radius 1 is 1.40 bits per heavy atom. The Morgan fingerprint density at radius 2 is 2.00 bits per heavy atom. The number of ketones is 1. The molecule has 0 aliphatic carbocycles. The molecule has 1 unspecified atom stereocenters. The molecular weight excluding hydrogens is 214 g/mol. The van der Waals surface area contributed by atoms with Gasteiger partial charge in [0.1, 0.15) is 11.0 Å². The minimum absolute atomic E-state index is 0.00311. The molecule has 1 atom stereocenters. The number of rotatable bonds is 1. The number of amides is 1. The minimum atomic E-state index is -0.508. The third-order valence-corrected chi connectivity index (χ3v) is 3.19. The first-order valence-corrected chi connectivity index (χ1v) is 5.98. The van der Waals surface area contributed by atoms with Crippen LogP contribution in [0.1, 0.15) is 27.7 Å². The van der Waals surface area contributed by atoms with Crippen LogP contribution in [0.4, 0.5) is 4.79 Å². The Morgan fingerprint density at radius 3 is 2.47 bits per heavy atom. The van der Waals surface area contributed by atoms with Gasteiger partial charge in [-0.3, -0.25) is 9.69 Å². The van der Waals surface area contributed by atoms with Gasteiger partial charge in [-0.2, -0.15) is 0 Å². The molecule has 1 fully saturated rings. The minimum Gasteiger partial charge on any atom is -0.444 e. The Balaban J connectivity index is 2.63. The van der Waals surface area contributed by atoms with Gasteiger partial charge in [0.15, 0.2) is 5.78 Å². The molecule has 1 rings (SSSR count). The van der Waals surface area contributed by atoms with E-state index in [1.54, 1.807) is 0 Å². The highest BCUT2D eigenvalue weighted by Gasteiger charge is 2.35. The van der Waals surface area contributed by atoms with Crippen LogP contribution in [-0.4, -0.2) is 40.0 Å². The topological polar surface area (TPSA) is 46.6 Å². The van der Waals surface area contributed by atoms with Gasteiger partial charge in [0.2, 0.25) is 0 Å². The van der Waals surface area contributed by atoms with E-state index in [2.05, 4.69) is 0 Å². The van der Waals surface area contributed by atoms with Crippen LogP contribution < -0.4 is 0 Å². The van der Waals surface area contributed by atoms with Crippen molar-refractivity contribution in [1.29, 1.82) is 0 Å². The number of ether oxygens (including phenoxy) is 1. The van der Waals surface area contributed by atoms with Crippen molar-refractivity contribution in [3.8, 4) is 0 Å². The second kappa shape index (κ2) is 4.43. The molecule has 0 aromatic heterocycles. The van der Waals surface area contributed by atoms with Crippen LogP contribution in [0.15, 0.2) is 0 Å². The lowest BCUT2D eigenvalue weighted by molar-refractivity contribution is -0.119. The fraction of sp³-hybridized carbons (Fsp3) is 0.800. The molecule has 1 aliphatic heterocycles. The lowest BCUT2D eigenvalue weighted by Crippen LogP contribution is -2.41. The number of carbonyl (C=O) groups excluding carboxylic acids is 2. The van der Waals surface area contributed by atoms with Gasteiger partial charge in [-0.15, -0.1) is 11.8 Å². The summed E-state index contributed by atoms with van der Waals surface area (Å²) in [6, 6.07) is 0. The van der Waals surface area contributed by atoms with E-state index in [1.807, 2.05) is 20.8 Å². The van der Waals surface area contributed by atoms with Crippen LogP contribution >= 0.6 is 11.8 Å². The maximum absolute atomic E-state index is 11.7. The molecule has 0 saturated carbocycles. The van der Waals surface area contributed by atoms with E-state index in [-0.39, 0.29) is 11.2 Å². The smallest absolute Gasteiger partial charge is 0.411 e. The van der Waals surface area contributed by atoms with Gasteiger partial charge in [0, 0.05) is 12.3 Å². The quantitative estimate of drug-likeness (QED) is 0.691. The maximum atomic E-state index is 11.7. The zero-order chi connectivity index (χ0) is 11.6. The lowest BCUT2D eigenvalue weighted by atomic mass is 10.2. The summed E-state index contributed by atoms with van der Waals surface area (Å²) in [7, 11) is 0. The summed E-state index contributed by atoms with van der Waals surface area (Å²) in [6.45, 7) is 7.54. The first kappa shape index (κ1) is 12.4. The molecule has 1 amide bonds. The van der Waals surface area contributed by atoms with Crippen molar-refractivity contribution < 1.29 is 14.3 Å². The third-order valence-electron chi connectivity index (χ3n) is 1.87. The number of Topliss-reactive ketones (excluding diaryl/α,β-unsaturated/α-hetero) is 1. The van der Waals surface area contributed by atoms with Crippen molar-refractivity contribution in [2.24, 2.45) is 0 Å². The van der Waals surface area contributed by atoms with Crippen molar-refractivity contribution in [3.63, 3.8) is 0 Å². The molecule has 1 heterocycles. The van der Waals surface area contributed by atoms with E-state index in [1.165, 1.54) is 23.6 Å². The second-order valence-electron chi connectivity index (χ2n) is 4.51. The van der Waals surface area contributed by atoms with Gasteiger partial charge in [-0.25, -0.2) is 4.79 Å². The average Bonchev–Trinajstić information content (AvgIpc) is 2.47. The van der Waals surface area contributed by atoms with E-state index >= 15 is 0 Å². The molecule has 1 aliphatic rings. The number of thioether (sulfide) groups is 1. The highest BCUT2D eigenvalue weighted by Crippen LogP contribution is 2.26. The van der Waals surface area contributed by atoms with Gasteiger partial charge in [0.05, 0.1) is 0 Å². The molecule has 86 valence electrons. The molecule has 0 bridgehead atoms. The highest BCUT2D eigenvalue weighted by molar-refractivity contribution is 8.00. The van der Waals surface area contributed by atoms with Crippen molar-refractivity contribution in [1.82, 2.24) is 4.90 Å². The molecule has 0 radical (unpaired) electrons. The Bertz CT molecular complexity index is 272. The molecule has 0 N–H and O–H groups in total. The van der Waals surface area contributed by atoms with Crippen molar-refractivity contribution >= 4 is 23.6 Å². The first-order valence-electron chi connectivity index (χ1n) is 4.93. The third kappa shape index (κ3) is 3.41. The van der Waals surface area contributed by atoms with Crippen LogP contribution in [0.25, 0.3) is 0 Å². The number of nitrogens with zero attached hydrogens (tertiary/aromatic N) is 1. The lowest BCUT2D eigenvalue weighted by Gasteiger charge is -2.26. The number of hydrogen-bond donors (Lipinski definition) is 0. The molecule has 0 spiro atoms. The van der Waals surface area contributed by atoms with E-state index < -0.39 is 11.7 Å². The second-order valence-corrected chi connectivity index (χ2v) is 5.70. The summed E-state index contributed by atoms with van der Waals surface area (Å²) >= 11 is 1.49. The molecule has 15 heavy (non-hydrogen) atoms. The normalized spacial score (nSPS) is 21.6. The van der Waals surface area contributed by atoms with E-state index in [9.17, 15) is 9.59 Å². The summed E-state index contributed by atoms with van der Waals surface area (Å²) in [4.78, 5) is 24.5. The van der Waals surface area contributed by atoms with Gasteiger partial charge in [-0.1, -0.05) is 0 Å². The SMILES string of the molecule is CC(=O)C1SCCN1C(=O)OC(C)(C)C.